The molecular weight excluding hydrogens is 344 g/mol. The summed E-state index contributed by atoms with van der Waals surface area (Å²) in [6.45, 7) is 4.74. The highest BCUT2D eigenvalue weighted by Crippen LogP contribution is 2.30. The van der Waals surface area contributed by atoms with Gasteiger partial charge in [0.15, 0.2) is 5.76 Å². The second kappa shape index (κ2) is 6.69. The number of nitrogens with zero attached hydrogens (tertiary/aromatic N) is 3. The summed E-state index contributed by atoms with van der Waals surface area (Å²) < 4.78 is 32.3. The van der Waals surface area contributed by atoms with Crippen molar-refractivity contribution in [3.63, 3.8) is 0 Å². The molecule has 1 aliphatic heterocycles. The lowest BCUT2D eigenvalue weighted by Crippen LogP contribution is -2.54. The zero-order chi connectivity index (χ0) is 18.2. The zero-order valence-corrected chi connectivity index (χ0v) is 15.6. The van der Waals surface area contributed by atoms with Crippen LogP contribution in [-0.4, -0.2) is 60.4 Å². The summed E-state index contributed by atoms with van der Waals surface area (Å²) in [5.41, 5.74) is 5.87. The second-order valence-electron chi connectivity index (χ2n) is 7.07. The largest absolute Gasteiger partial charge is 0.360 e. The summed E-state index contributed by atoms with van der Waals surface area (Å²) in [6, 6.07) is 0. The lowest BCUT2D eigenvalue weighted by Gasteiger charge is -2.30. The molecule has 8 nitrogen and oxygen atoms in total. The van der Waals surface area contributed by atoms with Crippen molar-refractivity contribution in [1.82, 2.24) is 14.4 Å². The van der Waals surface area contributed by atoms with E-state index in [1.54, 1.807) is 18.7 Å². The first-order chi connectivity index (χ1) is 11.8. The van der Waals surface area contributed by atoms with Crippen LogP contribution in [0.5, 0.6) is 0 Å². The van der Waals surface area contributed by atoms with E-state index in [0.29, 0.717) is 50.4 Å². The molecule has 25 heavy (non-hydrogen) atoms. The van der Waals surface area contributed by atoms with Crippen molar-refractivity contribution in [3.8, 4) is 0 Å². The maximum absolute atomic E-state index is 12.9. The van der Waals surface area contributed by atoms with Crippen LogP contribution in [0.1, 0.15) is 43.6 Å². The Labute approximate surface area is 148 Å². The van der Waals surface area contributed by atoms with E-state index in [0.717, 1.165) is 12.8 Å². The topological polar surface area (TPSA) is 110 Å². The zero-order valence-electron chi connectivity index (χ0n) is 14.8. The van der Waals surface area contributed by atoms with Crippen LogP contribution in [0.4, 0.5) is 0 Å². The molecule has 1 saturated heterocycles. The molecule has 140 valence electrons. The molecular formula is C16H26N4O4S. The van der Waals surface area contributed by atoms with Crippen molar-refractivity contribution in [1.29, 1.82) is 0 Å². The van der Waals surface area contributed by atoms with Crippen molar-refractivity contribution < 1.29 is 17.7 Å². The van der Waals surface area contributed by atoms with Crippen LogP contribution in [0.2, 0.25) is 0 Å². The Kier molecular flexibility index (Phi) is 4.91. The van der Waals surface area contributed by atoms with Crippen LogP contribution < -0.4 is 5.73 Å². The number of hydrogen-bond donors (Lipinski definition) is 1. The fourth-order valence-corrected chi connectivity index (χ4v) is 5.60. The van der Waals surface area contributed by atoms with Gasteiger partial charge in [-0.25, -0.2) is 8.42 Å². The van der Waals surface area contributed by atoms with Gasteiger partial charge in [-0.2, -0.15) is 4.31 Å². The molecule has 9 heteroatoms. The Balaban J connectivity index is 1.75. The number of nitrogens with two attached hydrogens (primary N) is 1. The summed E-state index contributed by atoms with van der Waals surface area (Å²) in [5.74, 6) is 0.253. The molecule has 2 N–H and O–H groups in total. The van der Waals surface area contributed by atoms with Gasteiger partial charge in [-0.15, -0.1) is 0 Å². The van der Waals surface area contributed by atoms with E-state index in [9.17, 15) is 13.2 Å². The van der Waals surface area contributed by atoms with Crippen molar-refractivity contribution in [3.05, 3.63) is 11.5 Å². The molecule has 1 aromatic heterocycles. The smallest absolute Gasteiger partial charge is 0.248 e. The minimum atomic E-state index is -3.68. The third-order valence-corrected chi connectivity index (χ3v) is 7.37. The molecule has 0 bridgehead atoms. The number of sulfonamides is 1. The Morgan fingerprint density at radius 1 is 1.12 bits per heavy atom. The molecule has 0 atom stereocenters. The summed E-state index contributed by atoms with van der Waals surface area (Å²) in [5, 5.41) is 3.74. The average Bonchev–Trinajstić information content (AvgIpc) is 3.04. The van der Waals surface area contributed by atoms with Gasteiger partial charge in [0.1, 0.15) is 10.6 Å². The molecule has 2 fully saturated rings. The minimum absolute atomic E-state index is 0.0402. The standard InChI is InChI=1S/C16H26N4O4S/c1-12-14(13(2)24-18-12)25(22,23)20-9-5-8-19(10-11-20)15(21)16(17)6-3-4-7-16/h3-11,17H2,1-2H3. The Morgan fingerprint density at radius 3 is 2.40 bits per heavy atom. The number of rotatable bonds is 3. The number of amides is 1. The van der Waals surface area contributed by atoms with Gasteiger partial charge in [0, 0.05) is 26.2 Å². The number of aromatic nitrogens is 1. The van der Waals surface area contributed by atoms with E-state index in [1.165, 1.54) is 4.31 Å². The fraction of sp³-hybridized carbons (Fsp3) is 0.750. The number of aryl methyl sites for hydroxylation is 2. The highest BCUT2D eigenvalue weighted by Gasteiger charge is 2.41. The maximum atomic E-state index is 12.9. The first-order valence-corrected chi connectivity index (χ1v) is 10.2. The van der Waals surface area contributed by atoms with Gasteiger partial charge in [-0.05, 0) is 33.1 Å². The Hall–Kier alpha value is -1.45. The van der Waals surface area contributed by atoms with Crippen LogP contribution in [0, 0.1) is 13.8 Å². The third-order valence-electron chi connectivity index (χ3n) is 5.23. The van der Waals surface area contributed by atoms with Crippen LogP contribution in [0.3, 0.4) is 0 Å². The van der Waals surface area contributed by atoms with Gasteiger partial charge in [0.2, 0.25) is 15.9 Å². The van der Waals surface area contributed by atoms with Crippen molar-refractivity contribution in [2.24, 2.45) is 5.73 Å². The molecule has 2 heterocycles. The number of carbonyl (C=O) groups excluding carboxylic acids is 1. The van der Waals surface area contributed by atoms with Crippen molar-refractivity contribution >= 4 is 15.9 Å². The third kappa shape index (κ3) is 3.32. The predicted octanol–water partition coefficient (Wildman–Crippen LogP) is 0.786. The first kappa shape index (κ1) is 18.3. The number of carbonyl (C=O) groups is 1. The lowest BCUT2D eigenvalue weighted by molar-refractivity contribution is -0.136. The Morgan fingerprint density at radius 2 is 1.80 bits per heavy atom. The van der Waals surface area contributed by atoms with Gasteiger partial charge in [-0.3, -0.25) is 4.79 Å². The molecule has 1 amide bonds. The SMILES string of the molecule is Cc1noc(C)c1S(=O)(=O)N1CCCN(C(=O)C2(N)CCCC2)CC1. The second-order valence-corrected chi connectivity index (χ2v) is 8.94. The summed E-state index contributed by atoms with van der Waals surface area (Å²) in [4.78, 5) is 14.6. The van der Waals surface area contributed by atoms with Crippen LogP contribution >= 0.6 is 0 Å². The number of hydrogen-bond acceptors (Lipinski definition) is 6. The van der Waals surface area contributed by atoms with Gasteiger partial charge < -0.3 is 15.2 Å². The van der Waals surface area contributed by atoms with E-state index in [1.807, 2.05) is 0 Å². The molecule has 3 rings (SSSR count). The minimum Gasteiger partial charge on any atom is -0.360 e. The van der Waals surface area contributed by atoms with Crippen LogP contribution in [-0.2, 0) is 14.8 Å². The molecule has 1 saturated carbocycles. The lowest BCUT2D eigenvalue weighted by atomic mass is 9.97. The fourth-order valence-electron chi connectivity index (χ4n) is 3.84. The normalized spacial score (nSPS) is 22.1. The van der Waals surface area contributed by atoms with Crippen molar-refractivity contribution in [2.45, 2.75) is 56.4 Å². The molecule has 0 radical (unpaired) electrons. The highest BCUT2D eigenvalue weighted by atomic mass is 32.2. The van der Waals surface area contributed by atoms with E-state index in [2.05, 4.69) is 5.16 Å². The molecule has 0 unspecified atom stereocenters. The van der Waals surface area contributed by atoms with E-state index >= 15 is 0 Å². The van der Waals surface area contributed by atoms with Gasteiger partial charge >= 0.3 is 0 Å². The monoisotopic (exact) mass is 370 g/mol. The summed E-state index contributed by atoms with van der Waals surface area (Å²) in [6.07, 6.45) is 3.96. The maximum Gasteiger partial charge on any atom is 0.248 e. The van der Waals surface area contributed by atoms with E-state index in [-0.39, 0.29) is 17.3 Å². The quantitative estimate of drug-likeness (QED) is 0.842. The Bertz CT molecular complexity index is 733. The molecule has 1 aromatic rings. The molecule has 1 aliphatic carbocycles. The highest BCUT2D eigenvalue weighted by molar-refractivity contribution is 7.89. The van der Waals surface area contributed by atoms with Gasteiger partial charge in [0.05, 0.1) is 5.54 Å². The average molecular weight is 370 g/mol. The van der Waals surface area contributed by atoms with E-state index in [4.69, 9.17) is 10.3 Å². The first-order valence-electron chi connectivity index (χ1n) is 8.77. The predicted molar refractivity (Wildman–Crippen MR) is 91.3 cm³/mol. The summed E-state index contributed by atoms with van der Waals surface area (Å²) >= 11 is 0. The molecule has 0 aromatic carbocycles. The van der Waals surface area contributed by atoms with E-state index < -0.39 is 15.6 Å². The molecule has 2 aliphatic rings. The van der Waals surface area contributed by atoms with Gasteiger partial charge in [0.25, 0.3) is 0 Å². The molecule has 0 spiro atoms. The van der Waals surface area contributed by atoms with Crippen LogP contribution in [0.15, 0.2) is 9.42 Å². The van der Waals surface area contributed by atoms with Gasteiger partial charge in [-0.1, -0.05) is 18.0 Å². The summed E-state index contributed by atoms with van der Waals surface area (Å²) in [7, 11) is -3.68. The van der Waals surface area contributed by atoms with Crippen LogP contribution in [0.25, 0.3) is 0 Å². The van der Waals surface area contributed by atoms with Crippen molar-refractivity contribution in [2.75, 3.05) is 26.2 Å².